The van der Waals surface area contributed by atoms with Crippen LogP contribution in [-0.2, 0) is 0 Å². The number of anilines is 1. The quantitative estimate of drug-likeness (QED) is 0.775. The predicted molar refractivity (Wildman–Crippen MR) is 56.8 cm³/mol. The van der Waals surface area contributed by atoms with Crippen LogP contribution in [0.5, 0.6) is 0 Å². The van der Waals surface area contributed by atoms with Crippen molar-refractivity contribution in [2.75, 3.05) is 5.32 Å². The smallest absolute Gasteiger partial charge is 0.125 e. The second kappa shape index (κ2) is 3.99. The van der Waals surface area contributed by atoms with Crippen molar-refractivity contribution in [3.63, 3.8) is 0 Å². The highest BCUT2D eigenvalue weighted by Crippen LogP contribution is 2.30. The van der Waals surface area contributed by atoms with E-state index in [1.165, 1.54) is 25.3 Å². The van der Waals surface area contributed by atoms with Crippen LogP contribution in [0.25, 0.3) is 0 Å². The lowest BCUT2D eigenvalue weighted by Gasteiger charge is -2.32. The summed E-state index contributed by atoms with van der Waals surface area (Å²) in [4.78, 5) is 0. The average molecular weight is 193 g/mol. The van der Waals surface area contributed by atoms with Crippen molar-refractivity contribution in [1.29, 1.82) is 0 Å². The zero-order chi connectivity index (χ0) is 9.97. The molecule has 1 aromatic rings. The van der Waals surface area contributed by atoms with Crippen LogP contribution in [-0.4, -0.2) is 6.04 Å². The topological polar surface area (TPSA) is 12.0 Å². The molecule has 76 valence electrons. The average Bonchev–Trinajstić information content (AvgIpc) is 1.99. The molecular formula is C12H16FN. The molecule has 1 atom stereocenters. The van der Waals surface area contributed by atoms with Gasteiger partial charge in [-0.25, -0.2) is 4.39 Å². The normalized spacial score (nSPS) is 18.7. The van der Waals surface area contributed by atoms with Gasteiger partial charge in [0, 0.05) is 11.7 Å². The summed E-state index contributed by atoms with van der Waals surface area (Å²) in [5.74, 6) is 0.606. The minimum atomic E-state index is -0.171. The third kappa shape index (κ3) is 2.06. The van der Waals surface area contributed by atoms with Crippen molar-refractivity contribution < 1.29 is 4.39 Å². The third-order valence-corrected chi connectivity index (χ3v) is 3.08. The van der Waals surface area contributed by atoms with Gasteiger partial charge in [0.05, 0.1) is 0 Å². The summed E-state index contributed by atoms with van der Waals surface area (Å²) in [6.07, 6.45) is 3.97. The molecule has 14 heavy (non-hydrogen) atoms. The number of benzene rings is 1. The van der Waals surface area contributed by atoms with Crippen LogP contribution in [0.15, 0.2) is 24.3 Å². The van der Waals surface area contributed by atoms with Crippen LogP contribution in [0.1, 0.15) is 26.2 Å². The second-order valence-corrected chi connectivity index (χ2v) is 4.13. The number of rotatable bonds is 3. The van der Waals surface area contributed by atoms with Crippen LogP contribution in [0.4, 0.5) is 10.1 Å². The molecule has 1 aliphatic rings. The lowest BCUT2D eigenvalue weighted by atomic mass is 9.80. The van der Waals surface area contributed by atoms with Gasteiger partial charge in [-0.1, -0.05) is 12.5 Å². The summed E-state index contributed by atoms with van der Waals surface area (Å²) in [6.45, 7) is 2.18. The van der Waals surface area contributed by atoms with E-state index in [-0.39, 0.29) is 5.82 Å². The van der Waals surface area contributed by atoms with Gasteiger partial charge in [0.2, 0.25) is 0 Å². The fraction of sp³-hybridized carbons (Fsp3) is 0.500. The molecule has 0 radical (unpaired) electrons. The largest absolute Gasteiger partial charge is 0.382 e. The number of hydrogen-bond acceptors (Lipinski definition) is 1. The van der Waals surface area contributed by atoms with Crippen molar-refractivity contribution in [3.8, 4) is 0 Å². The van der Waals surface area contributed by atoms with Gasteiger partial charge >= 0.3 is 0 Å². The molecule has 2 heteroatoms. The maximum Gasteiger partial charge on any atom is 0.125 e. The van der Waals surface area contributed by atoms with E-state index in [1.54, 1.807) is 12.1 Å². The van der Waals surface area contributed by atoms with Gasteiger partial charge in [-0.2, -0.15) is 0 Å². The van der Waals surface area contributed by atoms with Crippen molar-refractivity contribution in [2.45, 2.75) is 32.2 Å². The van der Waals surface area contributed by atoms with Crippen LogP contribution in [0, 0.1) is 11.7 Å². The van der Waals surface area contributed by atoms with E-state index in [2.05, 4.69) is 12.2 Å². The Labute approximate surface area is 84.3 Å². The van der Waals surface area contributed by atoms with Gasteiger partial charge in [0.1, 0.15) is 5.82 Å². The molecule has 0 amide bonds. The Morgan fingerprint density at radius 2 is 2.21 bits per heavy atom. The van der Waals surface area contributed by atoms with E-state index >= 15 is 0 Å². The molecule has 1 N–H and O–H groups in total. The standard InChI is InChI=1S/C12H16FN/c1-9(10-4-2-5-10)14-12-7-3-6-11(13)8-12/h3,6-10,14H,2,4-5H2,1H3. The van der Waals surface area contributed by atoms with E-state index in [4.69, 9.17) is 0 Å². The fourth-order valence-corrected chi connectivity index (χ4v) is 1.90. The molecule has 1 nitrogen and oxygen atoms in total. The number of nitrogens with one attached hydrogen (secondary N) is 1. The molecule has 0 heterocycles. The van der Waals surface area contributed by atoms with Crippen molar-refractivity contribution in [2.24, 2.45) is 5.92 Å². The lowest BCUT2D eigenvalue weighted by Crippen LogP contribution is -2.30. The Morgan fingerprint density at radius 3 is 2.79 bits per heavy atom. The van der Waals surface area contributed by atoms with Crippen molar-refractivity contribution >= 4 is 5.69 Å². The maximum atomic E-state index is 12.9. The van der Waals surface area contributed by atoms with Crippen LogP contribution in [0.2, 0.25) is 0 Å². The van der Waals surface area contributed by atoms with Gasteiger partial charge in [0.25, 0.3) is 0 Å². The molecule has 0 spiro atoms. The van der Waals surface area contributed by atoms with Gasteiger partial charge in [-0.3, -0.25) is 0 Å². The van der Waals surface area contributed by atoms with Crippen molar-refractivity contribution in [3.05, 3.63) is 30.1 Å². The van der Waals surface area contributed by atoms with Gasteiger partial charge in [0.15, 0.2) is 0 Å². The Hall–Kier alpha value is -1.05. The predicted octanol–water partition coefficient (Wildman–Crippen LogP) is 3.43. The minimum Gasteiger partial charge on any atom is -0.382 e. The first-order chi connectivity index (χ1) is 6.75. The summed E-state index contributed by atoms with van der Waals surface area (Å²) in [5, 5.41) is 3.34. The molecule has 1 aromatic carbocycles. The molecule has 2 rings (SSSR count). The molecule has 0 aliphatic heterocycles. The summed E-state index contributed by atoms with van der Waals surface area (Å²) < 4.78 is 12.9. The molecule has 0 aromatic heterocycles. The van der Waals surface area contributed by atoms with E-state index < -0.39 is 0 Å². The first-order valence-corrected chi connectivity index (χ1v) is 5.28. The van der Waals surface area contributed by atoms with Crippen molar-refractivity contribution in [1.82, 2.24) is 0 Å². The maximum absolute atomic E-state index is 12.9. The number of hydrogen-bond donors (Lipinski definition) is 1. The molecule has 1 aliphatic carbocycles. The first-order valence-electron chi connectivity index (χ1n) is 5.28. The molecule has 1 saturated carbocycles. The first kappa shape index (κ1) is 9.50. The summed E-state index contributed by atoms with van der Waals surface area (Å²) in [6, 6.07) is 7.14. The highest BCUT2D eigenvalue weighted by molar-refractivity contribution is 5.44. The van der Waals surface area contributed by atoms with Crippen LogP contribution < -0.4 is 5.32 Å². The molecule has 1 unspecified atom stereocenters. The zero-order valence-electron chi connectivity index (χ0n) is 8.46. The summed E-state index contributed by atoms with van der Waals surface area (Å²) >= 11 is 0. The van der Waals surface area contributed by atoms with Crippen LogP contribution >= 0.6 is 0 Å². The highest BCUT2D eigenvalue weighted by Gasteiger charge is 2.23. The van der Waals surface area contributed by atoms with E-state index in [9.17, 15) is 4.39 Å². The second-order valence-electron chi connectivity index (χ2n) is 4.13. The molecular weight excluding hydrogens is 177 g/mol. The highest BCUT2D eigenvalue weighted by atomic mass is 19.1. The number of halogens is 1. The third-order valence-electron chi connectivity index (χ3n) is 3.08. The van der Waals surface area contributed by atoms with Crippen LogP contribution in [0.3, 0.4) is 0 Å². The van der Waals surface area contributed by atoms with E-state index in [1.807, 2.05) is 6.07 Å². The monoisotopic (exact) mass is 193 g/mol. The molecule has 0 saturated heterocycles. The van der Waals surface area contributed by atoms with E-state index in [0.29, 0.717) is 6.04 Å². The Kier molecular flexibility index (Phi) is 2.71. The zero-order valence-corrected chi connectivity index (χ0v) is 8.46. The fourth-order valence-electron chi connectivity index (χ4n) is 1.90. The molecule has 0 bridgehead atoms. The van der Waals surface area contributed by atoms with Gasteiger partial charge in [-0.15, -0.1) is 0 Å². The summed E-state index contributed by atoms with van der Waals surface area (Å²) in [5.41, 5.74) is 0.893. The Morgan fingerprint density at radius 1 is 1.43 bits per heavy atom. The van der Waals surface area contributed by atoms with Gasteiger partial charge < -0.3 is 5.32 Å². The van der Waals surface area contributed by atoms with E-state index in [0.717, 1.165) is 11.6 Å². The minimum absolute atomic E-state index is 0.171. The SMILES string of the molecule is CC(Nc1cccc(F)c1)C1CCC1. The van der Waals surface area contributed by atoms with Gasteiger partial charge in [-0.05, 0) is 43.9 Å². The molecule has 1 fully saturated rings. The Balaban J connectivity index is 1.95. The Bertz CT molecular complexity index is 307. The summed E-state index contributed by atoms with van der Waals surface area (Å²) in [7, 11) is 0. The lowest BCUT2D eigenvalue weighted by molar-refractivity contribution is 0.285.